The molecule has 0 radical (unpaired) electrons. The van der Waals surface area contributed by atoms with Gasteiger partial charge in [-0.05, 0) is 65.3 Å². The van der Waals surface area contributed by atoms with E-state index in [2.05, 4.69) is 21.2 Å². The number of nitrogens with zero attached hydrogens (tertiary/aromatic N) is 1. The fourth-order valence-corrected chi connectivity index (χ4v) is 5.35. The van der Waals surface area contributed by atoms with E-state index < -0.39 is 22.5 Å². The molecule has 3 aromatic rings. The fraction of sp³-hybridized carbons (Fsp3) is 0.208. The van der Waals surface area contributed by atoms with E-state index in [4.69, 9.17) is 14.2 Å². The first kappa shape index (κ1) is 25.4. The zero-order valence-corrected chi connectivity index (χ0v) is 21.6. The summed E-state index contributed by atoms with van der Waals surface area (Å²) in [5.74, 6) is 0.914. The van der Waals surface area contributed by atoms with Crippen LogP contribution in [-0.4, -0.2) is 42.2 Å². The molecular weight excluding hydrogens is 524 g/mol. The second kappa shape index (κ2) is 10.8. The van der Waals surface area contributed by atoms with Crippen molar-refractivity contribution in [2.24, 2.45) is 0 Å². The maximum absolute atomic E-state index is 13.6. The molecule has 10 heteroatoms. The molecule has 0 bridgehead atoms. The summed E-state index contributed by atoms with van der Waals surface area (Å²) in [6.07, 6.45) is 0. The second-order valence-corrected chi connectivity index (χ2v) is 9.98. The molecule has 0 aliphatic carbocycles. The predicted molar refractivity (Wildman–Crippen MR) is 135 cm³/mol. The molecule has 0 fully saturated rings. The highest BCUT2D eigenvalue weighted by Crippen LogP contribution is 2.32. The lowest BCUT2D eigenvalue weighted by Crippen LogP contribution is -2.38. The lowest BCUT2D eigenvalue weighted by atomic mass is 10.2. The van der Waals surface area contributed by atoms with Gasteiger partial charge < -0.3 is 19.5 Å². The van der Waals surface area contributed by atoms with Crippen molar-refractivity contribution in [1.82, 2.24) is 0 Å². The van der Waals surface area contributed by atoms with Gasteiger partial charge >= 0.3 is 0 Å². The van der Waals surface area contributed by atoms with Crippen LogP contribution in [0.4, 0.5) is 11.4 Å². The Balaban J connectivity index is 1.94. The summed E-state index contributed by atoms with van der Waals surface area (Å²) in [7, 11) is 0.408. The summed E-state index contributed by atoms with van der Waals surface area (Å²) >= 11 is 3.33. The summed E-state index contributed by atoms with van der Waals surface area (Å²) in [5, 5.41) is 2.72. The molecule has 34 heavy (non-hydrogen) atoms. The number of anilines is 2. The summed E-state index contributed by atoms with van der Waals surface area (Å²) in [5.41, 5.74) is 1.76. The van der Waals surface area contributed by atoms with Gasteiger partial charge in [0.2, 0.25) is 5.91 Å². The van der Waals surface area contributed by atoms with Crippen LogP contribution < -0.4 is 23.8 Å². The lowest BCUT2D eigenvalue weighted by molar-refractivity contribution is -0.114. The molecule has 180 valence electrons. The monoisotopic (exact) mass is 548 g/mol. The van der Waals surface area contributed by atoms with E-state index >= 15 is 0 Å². The Morgan fingerprint density at radius 1 is 0.882 bits per heavy atom. The average molecular weight is 549 g/mol. The minimum atomic E-state index is -4.08. The van der Waals surface area contributed by atoms with E-state index in [1.165, 1.54) is 33.5 Å². The van der Waals surface area contributed by atoms with E-state index in [-0.39, 0.29) is 4.90 Å². The van der Waals surface area contributed by atoms with E-state index in [1.807, 2.05) is 6.92 Å². The molecule has 0 aliphatic heterocycles. The fourth-order valence-electron chi connectivity index (χ4n) is 3.21. The number of benzene rings is 3. The minimum Gasteiger partial charge on any atom is -0.496 e. The highest BCUT2D eigenvalue weighted by Gasteiger charge is 2.28. The highest BCUT2D eigenvalue weighted by molar-refractivity contribution is 9.10. The number of carbonyl (C=O) groups excluding carboxylic acids is 1. The molecule has 0 spiro atoms. The number of hydrogen-bond donors (Lipinski definition) is 1. The van der Waals surface area contributed by atoms with Crippen molar-refractivity contribution in [3.05, 3.63) is 70.7 Å². The van der Waals surface area contributed by atoms with Gasteiger partial charge in [-0.25, -0.2) is 8.42 Å². The molecule has 3 rings (SSSR count). The molecule has 8 nitrogen and oxygen atoms in total. The topological polar surface area (TPSA) is 94.2 Å². The van der Waals surface area contributed by atoms with E-state index in [0.29, 0.717) is 33.1 Å². The second-order valence-electron chi connectivity index (χ2n) is 7.26. The maximum Gasteiger partial charge on any atom is 0.264 e. The van der Waals surface area contributed by atoms with E-state index in [1.54, 1.807) is 48.5 Å². The van der Waals surface area contributed by atoms with Gasteiger partial charge in [-0.3, -0.25) is 9.10 Å². The molecule has 0 saturated heterocycles. The number of nitrogens with one attached hydrogen (secondary N) is 1. The zero-order chi connectivity index (χ0) is 24.9. The Morgan fingerprint density at radius 2 is 1.50 bits per heavy atom. The van der Waals surface area contributed by atoms with Crippen LogP contribution in [0, 0.1) is 6.92 Å². The number of carbonyl (C=O) groups is 1. The molecule has 3 aromatic carbocycles. The van der Waals surface area contributed by atoms with Crippen molar-refractivity contribution >= 4 is 43.2 Å². The van der Waals surface area contributed by atoms with Gasteiger partial charge in [-0.2, -0.15) is 0 Å². The third-order valence-electron chi connectivity index (χ3n) is 4.99. The maximum atomic E-state index is 13.6. The van der Waals surface area contributed by atoms with Crippen LogP contribution in [0.25, 0.3) is 0 Å². The summed E-state index contributed by atoms with van der Waals surface area (Å²) in [6.45, 7) is 1.45. The molecule has 0 heterocycles. The molecule has 1 amide bonds. The van der Waals surface area contributed by atoms with Crippen molar-refractivity contribution in [3.8, 4) is 17.2 Å². The summed E-state index contributed by atoms with van der Waals surface area (Å²) in [6, 6.07) is 16.2. The normalized spacial score (nSPS) is 11.0. The SMILES string of the molecule is COc1ccc(S(=O)(=O)N(CC(=O)Nc2ccc(OC)c(OC)c2)c2ccc(C)cc2)cc1Br. The van der Waals surface area contributed by atoms with Crippen LogP contribution in [-0.2, 0) is 14.8 Å². The van der Waals surface area contributed by atoms with Crippen LogP contribution in [0.5, 0.6) is 17.2 Å². The van der Waals surface area contributed by atoms with Crippen molar-refractivity contribution in [1.29, 1.82) is 0 Å². The molecule has 0 unspecified atom stereocenters. The predicted octanol–water partition coefficient (Wildman–Crippen LogP) is 4.62. The highest BCUT2D eigenvalue weighted by atomic mass is 79.9. The lowest BCUT2D eigenvalue weighted by Gasteiger charge is -2.24. The molecule has 0 aromatic heterocycles. The molecule has 0 saturated carbocycles. The van der Waals surface area contributed by atoms with Gasteiger partial charge in [-0.15, -0.1) is 0 Å². The largest absolute Gasteiger partial charge is 0.496 e. The van der Waals surface area contributed by atoms with Gasteiger partial charge in [0.05, 0.1) is 36.4 Å². The first-order chi connectivity index (χ1) is 16.2. The quantitative estimate of drug-likeness (QED) is 0.419. The number of methoxy groups -OCH3 is 3. The summed E-state index contributed by atoms with van der Waals surface area (Å²) < 4.78 is 44.4. The van der Waals surface area contributed by atoms with Crippen LogP contribution in [0.2, 0.25) is 0 Å². The van der Waals surface area contributed by atoms with Crippen molar-refractivity contribution < 1.29 is 27.4 Å². The number of ether oxygens (including phenoxy) is 3. The van der Waals surface area contributed by atoms with Crippen molar-refractivity contribution in [2.75, 3.05) is 37.5 Å². The Labute approximate surface area is 207 Å². The van der Waals surface area contributed by atoms with Crippen LogP contribution in [0.1, 0.15) is 5.56 Å². The Bertz CT molecular complexity index is 1280. The zero-order valence-electron chi connectivity index (χ0n) is 19.2. The van der Waals surface area contributed by atoms with E-state index in [9.17, 15) is 13.2 Å². The molecule has 1 N–H and O–H groups in total. The Hall–Kier alpha value is -3.24. The average Bonchev–Trinajstić information content (AvgIpc) is 2.83. The van der Waals surface area contributed by atoms with Crippen molar-refractivity contribution in [3.63, 3.8) is 0 Å². The Kier molecular flexibility index (Phi) is 8.06. The number of amides is 1. The third-order valence-corrected chi connectivity index (χ3v) is 7.38. The van der Waals surface area contributed by atoms with Gasteiger partial charge in [0, 0.05) is 11.8 Å². The first-order valence-electron chi connectivity index (χ1n) is 10.1. The van der Waals surface area contributed by atoms with Crippen LogP contribution in [0.15, 0.2) is 70.0 Å². The Morgan fingerprint density at radius 3 is 2.09 bits per heavy atom. The van der Waals surface area contributed by atoms with Gasteiger partial charge in [0.25, 0.3) is 10.0 Å². The number of halogens is 1. The smallest absolute Gasteiger partial charge is 0.264 e. The van der Waals surface area contributed by atoms with E-state index in [0.717, 1.165) is 9.87 Å². The third kappa shape index (κ3) is 5.63. The molecule has 0 aliphatic rings. The first-order valence-corrected chi connectivity index (χ1v) is 12.4. The minimum absolute atomic E-state index is 0.0136. The van der Waals surface area contributed by atoms with Gasteiger partial charge in [0.15, 0.2) is 11.5 Å². The standard InChI is InChI=1S/C24H25BrN2O6S/c1-16-5-8-18(9-6-16)27(34(29,30)19-10-12-21(31-2)20(25)14-19)15-24(28)26-17-7-11-22(32-3)23(13-17)33-4/h5-14H,15H2,1-4H3,(H,26,28). The number of aryl methyl sites for hydroxylation is 1. The molecule has 0 atom stereocenters. The summed E-state index contributed by atoms with van der Waals surface area (Å²) in [4.78, 5) is 13.0. The number of rotatable bonds is 9. The number of hydrogen-bond acceptors (Lipinski definition) is 6. The molecular formula is C24H25BrN2O6S. The van der Waals surface area contributed by atoms with Gasteiger partial charge in [-0.1, -0.05) is 17.7 Å². The van der Waals surface area contributed by atoms with Crippen molar-refractivity contribution in [2.45, 2.75) is 11.8 Å². The number of sulfonamides is 1. The van der Waals surface area contributed by atoms with Crippen LogP contribution in [0.3, 0.4) is 0 Å². The van der Waals surface area contributed by atoms with Gasteiger partial charge in [0.1, 0.15) is 12.3 Å². The van der Waals surface area contributed by atoms with Crippen LogP contribution >= 0.6 is 15.9 Å².